The van der Waals surface area contributed by atoms with Gasteiger partial charge in [-0.15, -0.1) is 23.1 Å². The van der Waals surface area contributed by atoms with Crippen LogP contribution < -0.4 is 10.0 Å². The Morgan fingerprint density at radius 2 is 1.84 bits per heavy atom. The van der Waals surface area contributed by atoms with Gasteiger partial charge in [0.25, 0.3) is 5.91 Å². The van der Waals surface area contributed by atoms with Crippen molar-refractivity contribution in [1.82, 2.24) is 9.71 Å². The number of thioether (sulfide) groups is 1. The molecule has 3 rings (SSSR count). The van der Waals surface area contributed by atoms with Crippen LogP contribution in [0.5, 0.6) is 0 Å². The van der Waals surface area contributed by atoms with Gasteiger partial charge in [-0.05, 0) is 70.2 Å². The maximum Gasteiger partial charge on any atom is 0.255 e. The zero-order valence-corrected chi connectivity index (χ0v) is 20.2. The molecule has 1 aromatic heterocycles. The summed E-state index contributed by atoms with van der Waals surface area (Å²) in [6.07, 6.45) is 0. The van der Waals surface area contributed by atoms with Gasteiger partial charge < -0.3 is 5.32 Å². The van der Waals surface area contributed by atoms with Gasteiger partial charge in [-0.3, -0.25) is 4.79 Å². The molecule has 1 heterocycles. The van der Waals surface area contributed by atoms with E-state index in [9.17, 15) is 13.2 Å². The van der Waals surface area contributed by atoms with E-state index in [2.05, 4.69) is 20.4 Å². The predicted molar refractivity (Wildman–Crippen MR) is 127 cm³/mol. The van der Waals surface area contributed by atoms with Gasteiger partial charge in [-0.1, -0.05) is 6.07 Å². The maximum absolute atomic E-state index is 12.6. The zero-order chi connectivity index (χ0) is 22.6. The number of rotatable bonds is 7. The Bertz CT molecular complexity index is 1160. The van der Waals surface area contributed by atoms with E-state index in [4.69, 9.17) is 0 Å². The first-order chi connectivity index (χ1) is 14.5. The molecule has 164 valence electrons. The Kier molecular flexibility index (Phi) is 7.20. The van der Waals surface area contributed by atoms with Crippen molar-refractivity contribution in [2.24, 2.45) is 0 Å². The van der Waals surface area contributed by atoms with E-state index in [1.54, 1.807) is 68.1 Å². The van der Waals surface area contributed by atoms with Crippen LogP contribution in [0.15, 0.2) is 63.7 Å². The number of aromatic nitrogens is 1. The third-order valence-corrected chi connectivity index (χ3v) is 7.64. The molecular weight excluding hydrogens is 450 g/mol. The second-order valence-corrected chi connectivity index (χ2v) is 11.8. The van der Waals surface area contributed by atoms with Gasteiger partial charge in [0.05, 0.1) is 15.6 Å². The van der Waals surface area contributed by atoms with Crippen molar-refractivity contribution in [1.29, 1.82) is 0 Å². The summed E-state index contributed by atoms with van der Waals surface area (Å²) in [7, 11) is -3.68. The van der Waals surface area contributed by atoms with Crippen LogP contribution in [-0.2, 0) is 15.8 Å². The number of nitrogens with one attached hydrogen (secondary N) is 2. The Balaban J connectivity index is 1.65. The molecule has 2 aromatic carbocycles. The molecular formula is C22H25N3O3S3. The van der Waals surface area contributed by atoms with E-state index in [0.29, 0.717) is 11.3 Å². The van der Waals surface area contributed by atoms with Crippen LogP contribution >= 0.6 is 23.1 Å². The van der Waals surface area contributed by atoms with Gasteiger partial charge in [0.2, 0.25) is 10.0 Å². The highest BCUT2D eigenvalue weighted by Gasteiger charge is 2.22. The number of aryl methyl sites for hydroxylation is 1. The molecule has 0 unspecified atom stereocenters. The highest BCUT2D eigenvalue weighted by Crippen LogP contribution is 2.24. The molecule has 0 bridgehead atoms. The third-order valence-electron chi connectivity index (χ3n) is 4.01. The molecule has 0 saturated carbocycles. The number of hydrogen-bond acceptors (Lipinski definition) is 6. The molecule has 3 aromatic rings. The highest BCUT2D eigenvalue weighted by atomic mass is 32.2. The molecule has 0 atom stereocenters. The number of sulfonamides is 1. The van der Waals surface area contributed by atoms with E-state index < -0.39 is 15.6 Å². The van der Waals surface area contributed by atoms with E-state index in [1.165, 1.54) is 12.1 Å². The summed E-state index contributed by atoms with van der Waals surface area (Å²) in [6.45, 7) is 7.31. The second-order valence-electron chi connectivity index (χ2n) is 8.01. The number of carbonyl (C=O) groups is 1. The minimum atomic E-state index is -3.68. The smallest absolute Gasteiger partial charge is 0.255 e. The number of carbonyl (C=O) groups excluding carboxylic acids is 1. The predicted octanol–water partition coefficient (Wildman–Crippen LogP) is 5.07. The fraction of sp³-hybridized carbons (Fsp3) is 0.273. The Morgan fingerprint density at radius 3 is 2.45 bits per heavy atom. The van der Waals surface area contributed by atoms with E-state index in [-0.39, 0.29) is 10.8 Å². The van der Waals surface area contributed by atoms with Crippen LogP contribution in [0.3, 0.4) is 0 Å². The number of anilines is 1. The van der Waals surface area contributed by atoms with Crippen molar-refractivity contribution in [3.63, 3.8) is 0 Å². The van der Waals surface area contributed by atoms with Crippen LogP contribution in [0.4, 0.5) is 5.69 Å². The molecule has 0 aliphatic rings. The summed E-state index contributed by atoms with van der Waals surface area (Å²) in [5.74, 6) is 0.477. The topological polar surface area (TPSA) is 88.2 Å². The lowest BCUT2D eigenvalue weighted by atomic mass is 10.1. The molecule has 1 amide bonds. The number of hydrogen-bond donors (Lipinski definition) is 2. The van der Waals surface area contributed by atoms with Gasteiger partial charge in [0.1, 0.15) is 0 Å². The molecule has 0 fully saturated rings. The van der Waals surface area contributed by atoms with E-state index >= 15 is 0 Å². The molecule has 0 aliphatic carbocycles. The van der Waals surface area contributed by atoms with Crippen molar-refractivity contribution in [2.45, 2.75) is 48.8 Å². The Labute approximate surface area is 191 Å². The first-order valence-corrected chi connectivity index (χ1v) is 13.0. The molecule has 0 aliphatic heterocycles. The van der Waals surface area contributed by atoms with Crippen LogP contribution in [0.2, 0.25) is 0 Å². The Hall–Kier alpha value is -2.20. The van der Waals surface area contributed by atoms with Gasteiger partial charge in [-0.2, -0.15) is 0 Å². The van der Waals surface area contributed by atoms with Crippen molar-refractivity contribution in [2.75, 3.05) is 5.32 Å². The number of nitrogens with zero attached hydrogens (tertiary/aromatic N) is 1. The molecule has 9 heteroatoms. The quantitative estimate of drug-likeness (QED) is 0.466. The lowest BCUT2D eigenvalue weighted by Gasteiger charge is -2.20. The van der Waals surface area contributed by atoms with Crippen molar-refractivity contribution in [3.05, 3.63) is 70.2 Å². The normalized spacial score (nSPS) is 12.0. The molecule has 0 saturated heterocycles. The summed E-state index contributed by atoms with van der Waals surface area (Å²) in [5, 5.41) is 5.87. The van der Waals surface area contributed by atoms with E-state index in [1.807, 2.05) is 19.1 Å². The third kappa shape index (κ3) is 6.90. The summed E-state index contributed by atoms with van der Waals surface area (Å²) in [5.41, 5.74) is 1.36. The summed E-state index contributed by atoms with van der Waals surface area (Å²) in [4.78, 5) is 18.2. The SMILES string of the molecule is Cc1nc(CSc2ccc(C(=O)Nc3cccc(S(=O)(=O)NC(C)(C)C)c3)cc2)cs1. The number of thiazole rings is 1. The van der Waals surface area contributed by atoms with Gasteiger partial charge in [0, 0.05) is 32.8 Å². The van der Waals surface area contributed by atoms with Crippen molar-refractivity contribution in [3.8, 4) is 0 Å². The molecule has 31 heavy (non-hydrogen) atoms. The van der Waals surface area contributed by atoms with Crippen LogP contribution in [0.25, 0.3) is 0 Å². The first-order valence-electron chi connectivity index (χ1n) is 9.61. The maximum atomic E-state index is 12.6. The summed E-state index contributed by atoms with van der Waals surface area (Å²) >= 11 is 3.29. The average Bonchev–Trinajstić information content (AvgIpc) is 3.10. The molecule has 6 nitrogen and oxygen atoms in total. The lowest BCUT2D eigenvalue weighted by molar-refractivity contribution is 0.102. The van der Waals surface area contributed by atoms with Crippen molar-refractivity contribution < 1.29 is 13.2 Å². The average molecular weight is 476 g/mol. The minimum absolute atomic E-state index is 0.101. The summed E-state index contributed by atoms with van der Waals surface area (Å²) in [6, 6.07) is 13.5. The number of benzene rings is 2. The molecule has 0 spiro atoms. The van der Waals surface area contributed by atoms with Gasteiger partial charge in [0.15, 0.2) is 0 Å². The molecule has 2 N–H and O–H groups in total. The van der Waals surface area contributed by atoms with Crippen LogP contribution in [0, 0.1) is 6.92 Å². The Morgan fingerprint density at radius 1 is 1.13 bits per heavy atom. The lowest BCUT2D eigenvalue weighted by Crippen LogP contribution is -2.40. The van der Waals surface area contributed by atoms with Crippen LogP contribution in [0.1, 0.15) is 41.8 Å². The highest BCUT2D eigenvalue weighted by molar-refractivity contribution is 7.98. The van der Waals surface area contributed by atoms with E-state index in [0.717, 1.165) is 21.3 Å². The zero-order valence-electron chi connectivity index (χ0n) is 17.8. The monoisotopic (exact) mass is 475 g/mol. The second kappa shape index (κ2) is 9.52. The van der Waals surface area contributed by atoms with Crippen LogP contribution in [-0.4, -0.2) is 24.8 Å². The fourth-order valence-corrected chi connectivity index (χ4v) is 5.71. The minimum Gasteiger partial charge on any atom is -0.322 e. The number of amides is 1. The fourth-order valence-electron chi connectivity index (χ4n) is 2.74. The first kappa shape index (κ1) is 23.5. The van der Waals surface area contributed by atoms with Gasteiger partial charge in [-0.25, -0.2) is 18.1 Å². The molecule has 0 radical (unpaired) electrons. The van der Waals surface area contributed by atoms with Crippen molar-refractivity contribution >= 4 is 44.7 Å². The largest absolute Gasteiger partial charge is 0.322 e. The summed E-state index contributed by atoms with van der Waals surface area (Å²) < 4.78 is 27.7. The van der Waals surface area contributed by atoms with Gasteiger partial charge >= 0.3 is 0 Å². The standard InChI is InChI=1S/C22H25N3O3S3/c1-15-23-18(13-29-15)14-30-19-10-8-16(9-11-19)21(26)24-17-6-5-7-20(12-17)31(27,28)25-22(2,3)4/h5-13,25H,14H2,1-4H3,(H,24,26).